The molecule has 0 unspecified atom stereocenters. The van der Waals surface area contributed by atoms with Gasteiger partial charge in [-0.05, 0) is 43.5 Å². The van der Waals surface area contributed by atoms with Gasteiger partial charge in [0.2, 0.25) is 0 Å². The van der Waals surface area contributed by atoms with Crippen LogP contribution in [0.15, 0.2) is 23.7 Å². The second kappa shape index (κ2) is 5.85. The van der Waals surface area contributed by atoms with Gasteiger partial charge in [-0.2, -0.15) is 0 Å². The van der Waals surface area contributed by atoms with Gasteiger partial charge in [-0.25, -0.2) is 4.98 Å². The number of fused-ring (bicyclic) bond motifs is 1. The summed E-state index contributed by atoms with van der Waals surface area (Å²) >= 11 is 1.60. The summed E-state index contributed by atoms with van der Waals surface area (Å²) in [6.45, 7) is 3.62. The number of rotatable bonds is 3. The van der Waals surface area contributed by atoms with E-state index in [1.807, 2.05) is 37.7 Å². The summed E-state index contributed by atoms with van der Waals surface area (Å²) in [5, 5.41) is 3.37. The molecule has 1 aliphatic heterocycles. The molecule has 0 atom stereocenters. The van der Waals surface area contributed by atoms with Crippen LogP contribution < -0.4 is 5.32 Å². The van der Waals surface area contributed by atoms with Crippen molar-refractivity contribution in [3.63, 3.8) is 0 Å². The number of amides is 1. The van der Waals surface area contributed by atoms with E-state index in [2.05, 4.69) is 10.3 Å². The van der Waals surface area contributed by atoms with Gasteiger partial charge in [0.25, 0.3) is 5.91 Å². The van der Waals surface area contributed by atoms with Gasteiger partial charge < -0.3 is 10.2 Å². The van der Waals surface area contributed by atoms with Crippen molar-refractivity contribution in [3.8, 4) is 0 Å². The second-order valence-corrected chi connectivity index (χ2v) is 6.36. The van der Waals surface area contributed by atoms with Crippen molar-refractivity contribution >= 4 is 22.9 Å². The SMILES string of the molecule is Cc1ncsc1CN(C)C(=O)c1ccc2c(c1)CCCN2. The first-order chi connectivity index (χ1) is 10.1. The van der Waals surface area contributed by atoms with Crippen LogP contribution in [0, 0.1) is 6.92 Å². The van der Waals surface area contributed by atoms with Crippen LogP contribution in [-0.4, -0.2) is 29.4 Å². The highest BCUT2D eigenvalue weighted by Crippen LogP contribution is 2.24. The minimum atomic E-state index is 0.0659. The van der Waals surface area contributed by atoms with Gasteiger partial charge in [-0.3, -0.25) is 4.79 Å². The molecule has 1 aromatic carbocycles. The van der Waals surface area contributed by atoms with Crippen molar-refractivity contribution in [3.05, 3.63) is 45.4 Å². The van der Waals surface area contributed by atoms with Crippen molar-refractivity contribution in [1.29, 1.82) is 0 Å². The summed E-state index contributed by atoms with van der Waals surface area (Å²) in [5.41, 5.74) is 6.01. The Bertz CT molecular complexity index is 665. The third kappa shape index (κ3) is 2.93. The first-order valence-corrected chi connectivity index (χ1v) is 8.04. The zero-order valence-corrected chi connectivity index (χ0v) is 13.2. The van der Waals surface area contributed by atoms with Crippen molar-refractivity contribution < 1.29 is 4.79 Å². The Kier molecular flexibility index (Phi) is 3.92. The van der Waals surface area contributed by atoms with Gasteiger partial charge in [0.1, 0.15) is 0 Å². The Hall–Kier alpha value is -1.88. The summed E-state index contributed by atoms with van der Waals surface area (Å²) in [6, 6.07) is 5.96. The van der Waals surface area contributed by atoms with Crippen molar-refractivity contribution in [2.75, 3.05) is 18.9 Å². The number of hydrogen-bond donors (Lipinski definition) is 1. The number of carbonyl (C=O) groups excluding carboxylic acids is 1. The monoisotopic (exact) mass is 301 g/mol. The first kappa shape index (κ1) is 14.1. The molecule has 1 aromatic heterocycles. The van der Waals surface area contributed by atoms with Crippen LogP contribution in [0.2, 0.25) is 0 Å². The molecule has 4 nitrogen and oxygen atoms in total. The highest BCUT2D eigenvalue weighted by Gasteiger charge is 2.16. The van der Waals surface area contributed by atoms with Crippen LogP contribution >= 0.6 is 11.3 Å². The molecule has 2 heterocycles. The molecular formula is C16H19N3OS. The highest BCUT2D eigenvalue weighted by molar-refractivity contribution is 7.09. The van der Waals surface area contributed by atoms with E-state index >= 15 is 0 Å². The summed E-state index contributed by atoms with van der Waals surface area (Å²) in [4.78, 5) is 19.7. The fourth-order valence-corrected chi connectivity index (χ4v) is 3.42. The molecule has 21 heavy (non-hydrogen) atoms. The molecule has 1 amide bonds. The van der Waals surface area contributed by atoms with E-state index in [9.17, 15) is 4.79 Å². The molecule has 0 spiro atoms. The van der Waals surface area contributed by atoms with Crippen molar-refractivity contribution in [1.82, 2.24) is 9.88 Å². The number of nitrogens with one attached hydrogen (secondary N) is 1. The van der Waals surface area contributed by atoms with Crippen LogP contribution in [-0.2, 0) is 13.0 Å². The smallest absolute Gasteiger partial charge is 0.253 e. The third-order valence-corrected chi connectivity index (χ3v) is 4.78. The molecule has 0 bridgehead atoms. The Morgan fingerprint density at radius 3 is 3.10 bits per heavy atom. The fourth-order valence-electron chi connectivity index (χ4n) is 2.59. The van der Waals surface area contributed by atoms with Gasteiger partial charge in [0.05, 0.1) is 17.7 Å². The average molecular weight is 301 g/mol. The van der Waals surface area contributed by atoms with Crippen LogP contribution in [0.4, 0.5) is 5.69 Å². The Labute approximate surface area is 128 Å². The summed E-state index contributed by atoms with van der Waals surface area (Å²) in [7, 11) is 1.85. The van der Waals surface area contributed by atoms with Crippen LogP contribution in [0.3, 0.4) is 0 Å². The first-order valence-electron chi connectivity index (χ1n) is 7.16. The predicted molar refractivity (Wildman–Crippen MR) is 85.9 cm³/mol. The number of thiazole rings is 1. The molecule has 110 valence electrons. The minimum Gasteiger partial charge on any atom is -0.385 e. The average Bonchev–Trinajstić information content (AvgIpc) is 2.91. The maximum absolute atomic E-state index is 12.6. The zero-order chi connectivity index (χ0) is 14.8. The normalized spacial score (nSPS) is 13.4. The fraction of sp³-hybridized carbons (Fsp3) is 0.375. The second-order valence-electron chi connectivity index (χ2n) is 5.42. The van der Waals surface area contributed by atoms with E-state index in [1.165, 1.54) is 11.3 Å². The van der Waals surface area contributed by atoms with Crippen LogP contribution in [0.5, 0.6) is 0 Å². The molecule has 0 saturated carbocycles. The van der Waals surface area contributed by atoms with Gasteiger partial charge in [-0.1, -0.05) is 0 Å². The van der Waals surface area contributed by atoms with E-state index in [0.29, 0.717) is 6.54 Å². The van der Waals surface area contributed by atoms with E-state index in [0.717, 1.165) is 35.5 Å². The lowest BCUT2D eigenvalue weighted by molar-refractivity contribution is 0.0786. The number of anilines is 1. The molecule has 0 aliphatic carbocycles. The Balaban J connectivity index is 1.76. The van der Waals surface area contributed by atoms with E-state index in [4.69, 9.17) is 0 Å². The molecule has 0 fully saturated rings. The van der Waals surface area contributed by atoms with E-state index in [1.54, 1.807) is 16.2 Å². The maximum Gasteiger partial charge on any atom is 0.253 e. The van der Waals surface area contributed by atoms with E-state index < -0.39 is 0 Å². The van der Waals surface area contributed by atoms with Crippen molar-refractivity contribution in [2.24, 2.45) is 0 Å². The lowest BCUT2D eigenvalue weighted by Gasteiger charge is -2.21. The predicted octanol–water partition coefficient (Wildman–Crippen LogP) is 3.08. The molecule has 1 N–H and O–H groups in total. The largest absolute Gasteiger partial charge is 0.385 e. The molecular weight excluding hydrogens is 282 g/mol. The number of aromatic nitrogens is 1. The molecule has 5 heteroatoms. The van der Waals surface area contributed by atoms with Gasteiger partial charge >= 0.3 is 0 Å². The van der Waals surface area contributed by atoms with Crippen LogP contribution in [0.1, 0.15) is 32.9 Å². The van der Waals surface area contributed by atoms with Gasteiger partial charge in [0, 0.05) is 29.7 Å². The number of benzene rings is 1. The maximum atomic E-state index is 12.6. The molecule has 3 rings (SSSR count). The zero-order valence-electron chi connectivity index (χ0n) is 12.3. The standard InChI is InChI=1S/C16H19N3OS/c1-11-15(21-10-18-11)9-19(2)16(20)13-5-6-14-12(8-13)4-3-7-17-14/h5-6,8,10,17H,3-4,7,9H2,1-2H3. The minimum absolute atomic E-state index is 0.0659. The summed E-state index contributed by atoms with van der Waals surface area (Å²) < 4.78 is 0. The molecule has 2 aromatic rings. The Morgan fingerprint density at radius 1 is 1.48 bits per heavy atom. The number of nitrogens with zero attached hydrogens (tertiary/aromatic N) is 2. The molecule has 0 radical (unpaired) electrons. The lowest BCUT2D eigenvalue weighted by Crippen LogP contribution is -2.26. The summed E-state index contributed by atoms with van der Waals surface area (Å²) in [6.07, 6.45) is 2.17. The quantitative estimate of drug-likeness (QED) is 0.947. The summed E-state index contributed by atoms with van der Waals surface area (Å²) in [5.74, 6) is 0.0659. The van der Waals surface area contributed by atoms with Crippen molar-refractivity contribution in [2.45, 2.75) is 26.3 Å². The highest BCUT2D eigenvalue weighted by atomic mass is 32.1. The number of aryl methyl sites for hydroxylation is 2. The van der Waals surface area contributed by atoms with Gasteiger partial charge in [0.15, 0.2) is 0 Å². The number of hydrogen-bond acceptors (Lipinski definition) is 4. The molecule has 0 saturated heterocycles. The Morgan fingerprint density at radius 2 is 2.33 bits per heavy atom. The van der Waals surface area contributed by atoms with Gasteiger partial charge in [-0.15, -0.1) is 11.3 Å². The third-order valence-electron chi connectivity index (χ3n) is 3.86. The van der Waals surface area contributed by atoms with Crippen LogP contribution in [0.25, 0.3) is 0 Å². The lowest BCUT2D eigenvalue weighted by atomic mass is 10.0. The number of carbonyl (C=O) groups is 1. The topological polar surface area (TPSA) is 45.2 Å². The molecule has 1 aliphatic rings. The van der Waals surface area contributed by atoms with E-state index in [-0.39, 0.29) is 5.91 Å².